The smallest absolute Gasteiger partial charge is 0.150 e. The highest BCUT2D eigenvalue weighted by Crippen LogP contribution is 2.26. The van der Waals surface area contributed by atoms with Crippen molar-refractivity contribution in [3.8, 4) is 5.75 Å². The molecule has 0 aliphatic heterocycles. The van der Waals surface area contributed by atoms with Crippen LogP contribution >= 0.6 is 15.9 Å². The Balaban J connectivity index is 2.06. The van der Waals surface area contributed by atoms with Crippen LogP contribution in [0, 0.1) is 0 Å². The number of halogens is 1. The van der Waals surface area contributed by atoms with Crippen LogP contribution in [0.5, 0.6) is 5.75 Å². The fourth-order valence-corrected chi connectivity index (χ4v) is 1.93. The van der Waals surface area contributed by atoms with Crippen LogP contribution in [0.25, 0.3) is 0 Å². The van der Waals surface area contributed by atoms with Gasteiger partial charge >= 0.3 is 0 Å². The molecule has 1 heterocycles. The van der Waals surface area contributed by atoms with Gasteiger partial charge in [0.15, 0.2) is 0 Å². The monoisotopic (exact) mass is 294 g/mol. The standard InChI is InChI=1S/C12H11BrN2O2/c1-15-6-10(5-14-15)8-17-12-3-2-9(7-16)4-11(12)13/h2-7H,8H2,1H3. The number of nitrogens with zero attached hydrogens (tertiary/aromatic N) is 2. The SMILES string of the molecule is Cn1cc(COc2ccc(C=O)cc2Br)cn1. The number of aryl methyl sites for hydroxylation is 1. The third-order valence-corrected chi connectivity index (χ3v) is 2.86. The molecule has 0 bridgehead atoms. The van der Waals surface area contributed by atoms with Gasteiger partial charge in [0.25, 0.3) is 0 Å². The molecule has 0 saturated heterocycles. The van der Waals surface area contributed by atoms with Gasteiger partial charge in [-0.25, -0.2) is 0 Å². The molecule has 5 heteroatoms. The number of aldehydes is 1. The second-order valence-electron chi connectivity index (χ2n) is 3.62. The Bertz CT molecular complexity index is 537. The lowest BCUT2D eigenvalue weighted by Gasteiger charge is -2.07. The molecule has 0 saturated carbocycles. The Morgan fingerprint density at radius 3 is 2.94 bits per heavy atom. The summed E-state index contributed by atoms with van der Waals surface area (Å²) in [6, 6.07) is 5.21. The van der Waals surface area contributed by atoms with Gasteiger partial charge < -0.3 is 4.74 Å². The lowest BCUT2D eigenvalue weighted by Crippen LogP contribution is -1.95. The molecule has 1 aromatic carbocycles. The van der Waals surface area contributed by atoms with Crippen molar-refractivity contribution in [3.05, 3.63) is 46.2 Å². The number of benzene rings is 1. The first kappa shape index (κ1) is 11.9. The maximum absolute atomic E-state index is 10.6. The quantitative estimate of drug-likeness (QED) is 0.814. The summed E-state index contributed by atoms with van der Waals surface area (Å²) in [7, 11) is 1.86. The number of hydrogen-bond donors (Lipinski definition) is 0. The van der Waals surface area contributed by atoms with Crippen LogP contribution in [0.15, 0.2) is 35.1 Å². The van der Waals surface area contributed by atoms with Crippen molar-refractivity contribution in [2.75, 3.05) is 0 Å². The van der Waals surface area contributed by atoms with E-state index < -0.39 is 0 Å². The first-order valence-corrected chi connectivity index (χ1v) is 5.83. The van der Waals surface area contributed by atoms with E-state index in [4.69, 9.17) is 4.74 Å². The van der Waals surface area contributed by atoms with Gasteiger partial charge in [-0.1, -0.05) is 0 Å². The average molecular weight is 295 g/mol. The molecular formula is C12H11BrN2O2. The van der Waals surface area contributed by atoms with Gasteiger partial charge in [-0.05, 0) is 34.1 Å². The highest BCUT2D eigenvalue weighted by Gasteiger charge is 2.03. The molecule has 0 radical (unpaired) electrons. The summed E-state index contributed by atoms with van der Waals surface area (Å²) in [5, 5.41) is 4.06. The topological polar surface area (TPSA) is 44.1 Å². The minimum atomic E-state index is 0.451. The van der Waals surface area contributed by atoms with E-state index in [0.717, 1.165) is 16.3 Å². The van der Waals surface area contributed by atoms with Gasteiger partial charge in [-0.3, -0.25) is 9.48 Å². The van der Waals surface area contributed by atoms with E-state index in [1.165, 1.54) is 0 Å². The molecule has 0 N–H and O–H groups in total. The molecule has 2 rings (SSSR count). The predicted octanol–water partition coefficient (Wildman–Crippen LogP) is 2.57. The molecule has 17 heavy (non-hydrogen) atoms. The second-order valence-corrected chi connectivity index (χ2v) is 4.47. The summed E-state index contributed by atoms with van der Waals surface area (Å²) in [6.45, 7) is 0.451. The van der Waals surface area contributed by atoms with Crippen LogP contribution in [0.3, 0.4) is 0 Å². The Hall–Kier alpha value is -1.62. The molecule has 0 amide bonds. The minimum Gasteiger partial charge on any atom is -0.488 e. The largest absolute Gasteiger partial charge is 0.488 e. The molecular weight excluding hydrogens is 284 g/mol. The Labute approximate surface area is 107 Å². The third-order valence-electron chi connectivity index (χ3n) is 2.24. The molecule has 0 spiro atoms. The number of rotatable bonds is 4. The zero-order valence-electron chi connectivity index (χ0n) is 9.26. The Morgan fingerprint density at radius 1 is 1.53 bits per heavy atom. The van der Waals surface area contributed by atoms with Gasteiger partial charge in [0.1, 0.15) is 18.6 Å². The summed E-state index contributed by atoms with van der Waals surface area (Å²) in [5.41, 5.74) is 1.62. The molecule has 0 atom stereocenters. The first-order valence-electron chi connectivity index (χ1n) is 5.04. The second kappa shape index (κ2) is 5.14. The molecule has 4 nitrogen and oxygen atoms in total. The van der Waals surface area contributed by atoms with Gasteiger partial charge in [0, 0.05) is 24.4 Å². The van der Waals surface area contributed by atoms with Crippen LogP contribution < -0.4 is 4.74 Å². The zero-order valence-corrected chi connectivity index (χ0v) is 10.8. The number of hydrogen-bond acceptors (Lipinski definition) is 3. The minimum absolute atomic E-state index is 0.451. The van der Waals surface area contributed by atoms with E-state index in [0.29, 0.717) is 17.9 Å². The lowest BCUT2D eigenvalue weighted by atomic mass is 10.2. The van der Waals surface area contributed by atoms with E-state index >= 15 is 0 Å². The van der Waals surface area contributed by atoms with Crippen molar-refractivity contribution in [1.29, 1.82) is 0 Å². The van der Waals surface area contributed by atoms with Crippen molar-refractivity contribution in [3.63, 3.8) is 0 Å². The van der Waals surface area contributed by atoms with Crippen molar-refractivity contribution in [1.82, 2.24) is 9.78 Å². The predicted molar refractivity (Wildman–Crippen MR) is 67.1 cm³/mol. The van der Waals surface area contributed by atoms with Crippen LogP contribution in [-0.2, 0) is 13.7 Å². The van der Waals surface area contributed by atoms with Crippen LogP contribution in [0.4, 0.5) is 0 Å². The molecule has 2 aromatic rings. The normalized spacial score (nSPS) is 10.2. The molecule has 0 aliphatic carbocycles. The highest BCUT2D eigenvalue weighted by atomic mass is 79.9. The van der Waals surface area contributed by atoms with Gasteiger partial charge in [-0.15, -0.1) is 0 Å². The van der Waals surface area contributed by atoms with Crippen molar-refractivity contribution in [2.24, 2.45) is 7.05 Å². The van der Waals surface area contributed by atoms with Crippen LogP contribution in [-0.4, -0.2) is 16.1 Å². The fourth-order valence-electron chi connectivity index (χ4n) is 1.41. The van der Waals surface area contributed by atoms with E-state index in [1.54, 1.807) is 29.1 Å². The van der Waals surface area contributed by atoms with Crippen LogP contribution in [0.1, 0.15) is 15.9 Å². The fraction of sp³-hybridized carbons (Fsp3) is 0.167. The number of aromatic nitrogens is 2. The van der Waals surface area contributed by atoms with E-state index in [1.807, 2.05) is 13.2 Å². The molecule has 0 fully saturated rings. The summed E-state index contributed by atoms with van der Waals surface area (Å²) >= 11 is 3.36. The van der Waals surface area contributed by atoms with Crippen molar-refractivity contribution >= 4 is 22.2 Å². The van der Waals surface area contributed by atoms with Gasteiger partial charge in [0.2, 0.25) is 0 Å². The highest BCUT2D eigenvalue weighted by molar-refractivity contribution is 9.10. The van der Waals surface area contributed by atoms with E-state index in [-0.39, 0.29) is 0 Å². The van der Waals surface area contributed by atoms with Gasteiger partial charge in [0.05, 0.1) is 10.7 Å². The van der Waals surface area contributed by atoms with E-state index in [9.17, 15) is 4.79 Å². The molecule has 0 aliphatic rings. The molecule has 1 aromatic heterocycles. The summed E-state index contributed by atoms with van der Waals surface area (Å²) in [6.07, 6.45) is 4.46. The lowest BCUT2D eigenvalue weighted by molar-refractivity contribution is 0.112. The third kappa shape index (κ3) is 2.94. The Kier molecular flexibility index (Phi) is 3.58. The van der Waals surface area contributed by atoms with Crippen molar-refractivity contribution < 1.29 is 9.53 Å². The zero-order chi connectivity index (χ0) is 12.3. The molecule has 0 unspecified atom stereocenters. The number of carbonyl (C=O) groups excluding carboxylic acids is 1. The average Bonchev–Trinajstić information content (AvgIpc) is 2.73. The summed E-state index contributed by atoms with van der Waals surface area (Å²) in [5.74, 6) is 0.708. The first-order chi connectivity index (χ1) is 8.19. The maximum Gasteiger partial charge on any atom is 0.150 e. The van der Waals surface area contributed by atoms with Crippen molar-refractivity contribution in [2.45, 2.75) is 6.61 Å². The number of ether oxygens (including phenoxy) is 1. The maximum atomic E-state index is 10.6. The molecule has 88 valence electrons. The number of carbonyl (C=O) groups is 1. The van der Waals surface area contributed by atoms with Crippen LogP contribution in [0.2, 0.25) is 0 Å². The van der Waals surface area contributed by atoms with Gasteiger partial charge in [-0.2, -0.15) is 5.10 Å². The van der Waals surface area contributed by atoms with E-state index in [2.05, 4.69) is 21.0 Å². The summed E-state index contributed by atoms with van der Waals surface area (Å²) < 4.78 is 8.11. The Morgan fingerprint density at radius 2 is 2.35 bits per heavy atom. The summed E-state index contributed by atoms with van der Waals surface area (Å²) in [4.78, 5) is 10.6.